The molecule has 0 radical (unpaired) electrons. The molecule has 44 heavy (non-hydrogen) atoms. The largest absolute Gasteiger partial charge is 0.316 e. The molecule has 0 bridgehead atoms. The number of rotatable bonds is 4. The minimum atomic E-state index is 1.21. The van der Waals surface area contributed by atoms with Crippen LogP contribution in [0.2, 0.25) is 0 Å². The number of hydrogen-bond acceptors (Lipinski definition) is 0. The van der Waals surface area contributed by atoms with Gasteiger partial charge in [0.25, 0.3) is 0 Å². The molecule has 9 aromatic rings. The minimum Gasteiger partial charge on any atom is -0.316 e. The highest BCUT2D eigenvalue weighted by atomic mass is 15.0. The quantitative estimate of drug-likeness (QED) is 0.190. The van der Waals surface area contributed by atoms with Gasteiger partial charge in [-0.25, -0.2) is 0 Å². The third kappa shape index (κ3) is 3.68. The highest BCUT2D eigenvalue weighted by molar-refractivity contribution is 6.16. The van der Waals surface area contributed by atoms with E-state index in [9.17, 15) is 0 Å². The van der Waals surface area contributed by atoms with Gasteiger partial charge in [0.1, 0.15) is 0 Å². The van der Waals surface area contributed by atoms with Gasteiger partial charge in [-0.3, -0.25) is 0 Å². The average molecular weight is 561 g/mol. The summed E-state index contributed by atoms with van der Waals surface area (Å²) in [6, 6.07) is 52.3. The summed E-state index contributed by atoms with van der Waals surface area (Å²) in [5.74, 6) is 0. The predicted molar refractivity (Wildman–Crippen MR) is 191 cm³/mol. The first-order valence-electron chi connectivity index (χ1n) is 15.1. The zero-order valence-electron chi connectivity index (χ0n) is 24.1. The maximum Gasteiger partial charge on any atom is 0.0534 e. The first kappa shape index (κ1) is 24.7. The molecule has 0 atom stereocenters. The van der Waals surface area contributed by atoms with Gasteiger partial charge in [0.15, 0.2) is 0 Å². The number of fused-ring (bicyclic) bond motifs is 8. The molecule has 0 unspecified atom stereocenters. The van der Waals surface area contributed by atoms with E-state index >= 15 is 0 Å². The second kappa shape index (κ2) is 9.86. The molecule has 0 saturated carbocycles. The Kier molecular flexibility index (Phi) is 5.54. The monoisotopic (exact) mass is 560 g/mol. The first-order valence-corrected chi connectivity index (χ1v) is 15.1. The fourth-order valence-corrected chi connectivity index (χ4v) is 7.08. The zero-order chi connectivity index (χ0) is 29.0. The lowest BCUT2D eigenvalue weighted by molar-refractivity contribution is 1.30. The molecule has 0 N–H and O–H groups in total. The highest BCUT2D eigenvalue weighted by Gasteiger charge is 2.13. The molecule has 0 aliphatic rings. The molecule has 0 aliphatic heterocycles. The Bertz CT molecular complexity index is 2260. The van der Waals surface area contributed by atoms with Crippen molar-refractivity contribution in [3.05, 3.63) is 157 Å². The molecule has 0 amide bonds. The van der Waals surface area contributed by atoms with Crippen LogP contribution >= 0.6 is 0 Å². The lowest BCUT2D eigenvalue weighted by Gasteiger charge is -2.13. The van der Waals surface area contributed by atoms with Crippen molar-refractivity contribution in [1.29, 1.82) is 0 Å². The van der Waals surface area contributed by atoms with Crippen molar-refractivity contribution < 1.29 is 0 Å². The third-order valence-electron chi connectivity index (χ3n) is 9.03. The lowest BCUT2D eigenvalue weighted by atomic mass is 9.91. The number of hydrogen-bond donors (Lipinski definition) is 0. The number of benzene rings is 7. The predicted octanol–water partition coefficient (Wildman–Crippen LogP) is 11.5. The summed E-state index contributed by atoms with van der Waals surface area (Å²) in [6.07, 6.45) is 9.08. The fraction of sp³-hybridized carbons (Fsp3) is 0. The highest BCUT2D eigenvalue weighted by Crippen LogP contribution is 2.37. The smallest absolute Gasteiger partial charge is 0.0534 e. The van der Waals surface area contributed by atoms with Crippen LogP contribution in [0.1, 0.15) is 11.1 Å². The second-order valence-electron chi connectivity index (χ2n) is 11.4. The Balaban J connectivity index is 1.27. The molecule has 7 aromatic carbocycles. The van der Waals surface area contributed by atoms with Crippen molar-refractivity contribution in [2.45, 2.75) is 0 Å². The van der Waals surface area contributed by atoms with Gasteiger partial charge in [-0.2, -0.15) is 0 Å². The molecule has 0 aliphatic carbocycles. The van der Waals surface area contributed by atoms with E-state index in [2.05, 4.69) is 179 Å². The molecular formula is C42H28N2. The summed E-state index contributed by atoms with van der Waals surface area (Å²) in [7, 11) is 0. The maximum atomic E-state index is 2.32. The Hall–Kier alpha value is -5.86. The van der Waals surface area contributed by atoms with Crippen LogP contribution in [-0.4, -0.2) is 9.13 Å². The summed E-state index contributed by atoms with van der Waals surface area (Å²) in [5, 5.41) is 10.0. The van der Waals surface area contributed by atoms with Crippen molar-refractivity contribution >= 4 is 89.7 Å². The average Bonchev–Trinajstić information content (AvgIpc) is 3.59. The summed E-state index contributed by atoms with van der Waals surface area (Å²) in [4.78, 5) is 0. The van der Waals surface area contributed by atoms with Crippen molar-refractivity contribution in [3.8, 4) is 0 Å². The molecule has 2 nitrogen and oxygen atoms in total. The van der Waals surface area contributed by atoms with Crippen LogP contribution in [0.5, 0.6) is 0 Å². The summed E-state index contributed by atoms with van der Waals surface area (Å²) in [5.41, 5.74) is 7.31. The van der Waals surface area contributed by atoms with E-state index in [4.69, 9.17) is 0 Å². The van der Waals surface area contributed by atoms with Gasteiger partial charge in [-0.05, 0) is 69.1 Å². The number of aromatic nitrogens is 2. The van der Waals surface area contributed by atoms with Gasteiger partial charge >= 0.3 is 0 Å². The van der Waals surface area contributed by atoms with E-state index < -0.39 is 0 Å². The van der Waals surface area contributed by atoms with Crippen LogP contribution in [0.4, 0.5) is 0 Å². The van der Waals surface area contributed by atoms with Crippen molar-refractivity contribution in [3.63, 3.8) is 0 Å². The molecule has 2 heterocycles. The topological polar surface area (TPSA) is 9.86 Å². The fourth-order valence-electron chi connectivity index (χ4n) is 7.08. The summed E-state index contributed by atoms with van der Waals surface area (Å²) >= 11 is 0. The van der Waals surface area contributed by atoms with Crippen LogP contribution in [0.3, 0.4) is 0 Å². The standard InChI is InChI=1S/C42H28N2/c1-2-14-30-29(13-1)33(25-27-43-39-21-9-5-17-35(39)36-18-6-10-22-40(36)43)31-15-3-4-16-32(31)34(30)26-28-44-41-23-11-7-19-37(41)38-20-8-12-24-42(38)44/h1-28H. The Morgan fingerprint density at radius 1 is 0.273 bits per heavy atom. The van der Waals surface area contributed by atoms with Crippen LogP contribution in [0, 0.1) is 0 Å². The SMILES string of the molecule is C(=Cn1c2ccccc2c2ccccc21)c1c2ccccc2c(C=Cn2c3ccccc3c3ccccc32)c2ccccc12. The molecule has 9 rings (SSSR count). The molecule has 206 valence electrons. The Morgan fingerprint density at radius 2 is 0.500 bits per heavy atom. The van der Waals surface area contributed by atoms with E-state index in [1.54, 1.807) is 0 Å². The molecule has 0 fully saturated rings. The van der Waals surface area contributed by atoms with Crippen molar-refractivity contribution in [2.24, 2.45) is 0 Å². The molecular weight excluding hydrogens is 532 g/mol. The third-order valence-corrected chi connectivity index (χ3v) is 9.03. The van der Waals surface area contributed by atoms with E-state index in [-0.39, 0.29) is 0 Å². The maximum absolute atomic E-state index is 2.32. The Morgan fingerprint density at radius 3 is 0.773 bits per heavy atom. The van der Waals surface area contributed by atoms with E-state index in [0.717, 1.165) is 0 Å². The van der Waals surface area contributed by atoms with Crippen LogP contribution in [-0.2, 0) is 0 Å². The normalized spacial score (nSPS) is 12.4. The van der Waals surface area contributed by atoms with E-state index in [1.165, 1.54) is 76.3 Å². The van der Waals surface area contributed by atoms with Crippen molar-refractivity contribution in [1.82, 2.24) is 9.13 Å². The second-order valence-corrected chi connectivity index (χ2v) is 11.4. The van der Waals surface area contributed by atoms with Gasteiger partial charge in [-0.15, -0.1) is 0 Å². The number of nitrogens with zero attached hydrogens (tertiary/aromatic N) is 2. The minimum absolute atomic E-state index is 1.21. The Labute approximate surface area is 255 Å². The zero-order valence-corrected chi connectivity index (χ0v) is 24.1. The summed E-state index contributed by atoms with van der Waals surface area (Å²) < 4.78 is 4.65. The van der Waals surface area contributed by atoms with Gasteiger partial charge in [-0.1, -0.05) is 121 Å². The van der Waals surface area contributed by atoms with Crippen LogP contribution in [0.15, 0.2) is 146 Å². The van der Waals surface area contributed by atoms with Gasteiger partial charge in [0, 0.05) is 33.9 Å². The molecule has 0 saturated heterocycles. The van der Waals surface area contributed by atoms with Gasteiger partial charge < -0.3 is 9.13 Å². The van der Waals surface area contributed by atoms with E-state index in [0.29, 0.717) is 0 Å². The van der Waals surface area contributed by atoms with Crippen LogP contribution in [0.25, 0.3) is 89.7 Å². The number of para-hydroxylation sites is 4. The summed E-state index contributed by atoms with van der Waals surface area (Å²) in [6.45, 7) is 0. The van der Waals surface area contributed by atoms with E-state index in [1.807, 2.05) is 0 Å². The first-order chi connectivity index (χ1) is 21.9. The molecule has 0 spiro atoms. The molecule has 2 aromatic heterocycles. The van der Waals surface area contributed by atoms with Gasteiger partial charge in [0.05, 0.1) is 22.1 Å². The van der Waals surface area contributed by atoms with Crippen molar-refractivity contribution in [2.75, 3.05) is 0 Å². The molecule has 2 heteroatoms. The lowest BCUT2D eigenvalue weighted by Crippen LogP contribution is -1.91. The van der Waals surface area contributed by atoms with Gasteiger partial charge in [0.2, 0.25) is 0 Å². The van der Waals surface area contributed by atoms with Crippen LogP contribution < -0.4 is 0 Å².